The van der Waals surface area contributed by atoms with Crippen LogP contribution in [0.3, 0.4) is 0 Å². The van der Waals surface area contributed by atoms with Gasteiger partial charge in [-0.05, 0) is 34.2 Å². The minimum atomic E-state index is -1.23. The number of nitrogens with two attached hydrogens (primary N) is 1. The summed E-state index contributed by atoms with van der Waals surface area (Å²) in [6, 6.07) is 14.2. The topological polar surface area (TPSA) is 110 Å². The summed E-state index contributed by atoms with van der Waals surface area (Å²) in [4.78, 5) is 19.7. The number of hydrogen-bond donors (Lipinski definition) is 3. The molecule has 0 spiro atoms. The lowest BCUT2D eigenvalue weighted by Gasteiger charge is -2.07. The highest BCUT2D eigenvalue weighted by atomic mass is 16.7. The Morgan fingerprint density at radius 2 is 1.70 bits per heavy atom. The second-order valence-corrected chi connectivity index (χ2v) is 4.93. The van der Waals surface area contributed by atoms with Crippen LogP contribution in [0.4, 0.5) is 4.79 Å². The van der Waals surface area contributed by atoms with E-state index in [1.165, 1.54) is 22.3 Å². The molecule has 0 aromatic heterocycles. The monoisotopic (exact) mass is 315 g/mol. The van der Waals surface area contributed by atoms with Crippen LogP contribution >= 0.6 is 0 Å². The lowest BCUT2D eigenvalue weighted by molar-refractivity contribution is -0.135. The zero-order valence-corrected chi connectivity index (χ0v) is 12.4. The van der Waals surface area contributed by atoms with Crippen LogP contribution in [0.5, 0.6) is 0 Å². The first kappa shape index (κ1) is 16.5. The van der Waals surface area contributed by atoms with Crippen LogP contribution in [-0.2, 0) is 22.6 Å². The van der Waals surface area contributed by atoms with Crippen LogP contribution in [0, 0.1) is 0 Å². The van der Waals surface area contributed by atoms with Gasteiger partial charge in [0.25, 0.3) is 0 Å². The molecule has 23 heavy (non-hydrogen) atoms. The zero-order valence-electron chi connectivity index (χ0n) is 12.4. The SMILES string of the molecule is NCC(=O)O.O=C(O)OCc1cccc2c1Cc1ccccc1-2. The molecule has 120 valence electrons. The van der Waals surface area contributed by atoms with E-state index >= 15 is 0 Å². The summed E-state index contributed by atoms with van der Waals surface area (Å²) in [5.41, 5.74) is 10.4. The Labute approximate surface area is 133 Å². The molecule has 3 rings (SSSR count). The molecule has 2 aromatic rings. The number of rotatable bonds is 3. The fourth-order valence-electron chi connectivity index (χ4n) is 2.50. The van der Waals surface area contributed by atoms with Crippen LogP contribution in [0.1, 0.15) is 16.7 Å². The summed E-state index contributed by atoms with van der Waals surface area (Å²) >= 11 is 0. The first-order chi connectivity index (χ1) is 11.0. The number of carboxylic acid groups (broad SMARTS) is 2. The third-order valence-electron chi connectivity index (χ3n) is 3.47. The standard InChI is InChI=1S/C15H12O3.C2H5NO2/c16-15(17)18-9-11-5-3-7-13-12-6-2-1-4-10(12)8-14(11)13;3-1-2(4)5/h1-7H,8-9H2,(H,16,17);1,3H2,(H,4,5). The fraction of sp³-hybridized carbons (Fsp3) is 0.176. The lowest BCUT2D eigenvalue weighted by atomic mass is 10.0. The Morgan fingerprint density at radius 1 is 1.04 bits per heavy atom. The van der Waals surface area contributed by atoms with Gasteiger partial charge in [-0.1, -0.05) is 42.5 Å². The highest BCUT2D eigenvalue weighted by Gasteiger charge is 2.20. The summed E-state index contributed by atoms with van der Waals surface area (Å²) in [6.07, 6.45) is -0.381. The van der Waals surface area contributed by atoms with E-state index in [2.05, 4.69) is 28.7 Å². The van der Waals surface area contributed by atoms with Gasteiger partial charge in [0.05, 0.1) is 6.54 Å². The average molecular weight is 315 g/mol. The highest BCUT2D eigenvalue weighted by molar-refractivity contribution is 5.77. The number of carbonyl (C=O) groups is 2. The predicted octanol–water partition coefficient (Wildman–Crippen LogP) is 2.48. The number of benzene rings is 2. The van der Waals surface area contributed by atoms with Crippen molar-refractivity contribution in [1.82, 2.24) is 0 Å². The normalized spacial score (nSPS) is 10.8. The van der Waals surface area contributed by atoms with Gasteiger partial charge < -0.3 is 20.7 Å². The Balaban J connectivity index is 0.000000338. The van der Waals surface area contributed by atoms with Crippen molar-refractivity contribution >= 4 is 12.1 Å². The summed E-state index contributed by atoms with van der Waals surface area (Å²) in [5, 5.41) is 16.2. The third-order valence-corrected chi connectivity index (χ3v) is 3.47. The van der Waals surface area contributed by atoms with Gasteiger partial charge in [0.2, 0.25) is 0 Å². The number of hydrogen-bond acceptors (Lipinski definition) is 4. The van der Waals surface area contributed by atoms with E-state index in [9.17, 15) is 9.59 Å². The van der Waals surface area contributed by atoms with E-state index in [-0.39, 0.29) is 13.2 Å². The minimum absolute atomic E-state index is 0.118. The number of ether oxygens (including phenoxy) is 1. The molecular formula is C17H17NO5. The van der Waals surface area contributed by atoms with Crippen LogP contribution in [-0.4, -0.2) is 28.9 Å². The van der Waals surface area contributed by atoms with Gasteiger partial charge in [0.15, 0.2) is 0 Å². The van der Waals surface area contributed by atoms with Gasteiger partial charge in [-0.3, -0.25) is 4.79 Å². The molecule has 0 unspecified atom stereocenters. The van der Waals surface area contributed by atoms with Crippen molar-refractivity contribution in [3.63, 3.8) is 0 Å². The predicted molar refractivity (Wildman–Crippen MR) is 84.2 cm³/mol. The van der Waals surface area contributed by atoms with Crippen LogP contribution in [0.25, 0.3) is 11.1 Å². The summed E-state index contributed by atoms with van der Waals surface area (Å²) in [5.74, 6) is -0.968. The third kappa shape index (κ3) is 4.08. The van der Waals surface area contributed by atoms with Crippen molar-refractivity contribution in [3.05, 3.63) is 59.2 Å². The molecule has 1 aliphatic carbocycles. The van der Waals surface area contributed by atoms with Crippen molar-refractivity contribution in [2.75, 3.05) is 6.54 Å². The molecule has 6 heteroatoms. The van der Waals surface area contributed by atoms with Gasteiger partial charge in [-0.2, -0.15) is 0 Å². The van der Waals surface area contributed by atoms with Gasteiger partial charge in [-0.15, -0.1) is 0 Å². The highest BCUT2D eigenvalue weighted by Crippen LogP contribution is 2.38. The maximum Gasteiger partial charge on any atom is 0.506 e. The zero-order chi connectivity index (χ0) is 16.8. The maximum atomic E-state index is 10.5. The van der Waals surface area contributed by atoms with Gasteiger partial charge in [0.1, 0.15) is 6.61 Å². The van der Waals surface area contributed by atoms with E-state index in [0.29, 0.717) is 0 Å². The van der Waals surface area contributed by atoms with E-state index in [4.69, 9.17) is 10.2 Å². The Hall–Kier alpha value is -2.86. The van der Waals surface area contributed by atoms with Gasteiger partial charge in [0, 0.05) is 0 Å². The molecule has 0 aliphatic heterocycles. The molecule has 0 radical (unpaired) electrons. The van der Waals surface area contributed by atoms with E-state index in [0.717, 1.165) is 12.0 Å². The molecule has 4 N–H and O–H groups in total. The Morgan fingerprint density at radius 3 is 2.35 bits per heavy atom. The van der Waals surface area contributed by atoms with E-state index < -0.39 is 12.1 Å². The van der Waals surface area contributed by atoms with Crippen molar-refractivity contribution < 1.29 is 24.5 Å². The summed E-state index contributed by atoms with van der Waals surface area (Å²) in [6.45, 7) is -0.160. The van der Waals surface area contributed by atoms with Crippen LogP contribution in [0.2, 0.25) is 0 Å². The van der Waals surface area contributed by atoms with Crippen molar-refractivity contribution in [2.45, 2.75) is 13.0 Å². The number of carboxylic acids is 1. The average Bonchev–Trinajstić information content (AvgIpc) is 2.92. The first-order valence-corrected chi connectivity index (χ1v) is 6.99. The molecule has 0 saturated heterocycles. The molecule has 0 fully saturated rings. The van der Waals surface area contributed by atoms with Crippen molar-refractivity contribution in [1.29, 1.82) is 0 Å². The lowest BCUT2D eigenvalue weighted by Crippen LogP contribution is -2.10. The molecule has 0 bridgehead atoms. The van der Waals surface area contributed by atoms with Crippen LogP contribution < -0.4 is 5.73 Å². The molecule has 1 aliphatic rings. The Kier molecular flexibility index (Phi) is 5.32. The number of fused-ring (bicyclic) bond motifs is 3. The van der Waals surface area contributed by atoms with Gasteiger partial charge >= 0.3 is 12.1 Å². The smallest absolute Gasteiger partial charge is 0.480 e. The summed E-state index contributed by atoms with van der Waals surface area (Å²) < 4.78 is 4.67. The quantitative estimate of drug-likeness (QED) is 0.640. The second kappa shape index (κ2) is 7.42. The van der Waals surface area contributed by atoms with Crippen molar-refractivity contribution in [3.8, 4) is 11.1 Å². The Bertz CT molecular complexity index is 727. The van der Waals surface area contributed by atoms with E-state index in [1.807, 2.05) is 24.3 Å². The molecule has 6 nitrogen and oxygen atoms in total. The maximum absolute atomic E-state index is 10.5. The van der Waals surface area contributed by atoms with Gasteiger partial charge in [-0.25, -0.2) is 4.79 Å². The molecule has 0 saturated carbocycles. The molecule has 0 amide bonds. The van der Waals surface area contributed by atoms with Crippen molar-refractivity contribution in [2.24, 2.45) is 5.73 Å². The minimum Gasteiger partial charge on any atom is -0.480 e. The molecule has 0 atom stereocenters. The van der Waals surface area contributed by atoms with E-state index in [1.54, 1.807) is 0 Å². The molecule has 0 heterocycles. The fourth-order valence-corrected chi connectivity index (χ4v) is 2.50. The molecular weight excluding hydrogens is 298 g/mol. The second-order valence-electron chi connectivity index (χ2n) is 4.93. The van der Waals surface area contributed by atoms with Crippen LogP contribution in [0.15, 0.2) is 42.5 Å². The number of aliphatic carboxylic acids is 1. The first-order valence-electron chi connectivity index (χ1n) is 6.99. The molecule has 2 aromatic carbocycles. The largest absolute Gasteiger partial charge is 0.506 e. The summed E-state index contributed by atoms with van der Waals surface area (Å²) in [7, 11) is 0.